The van der Waals surface area contributed by atoms with Gasteiger partial charge in [0.25, 0.3) is 0 Å². The van der Waals surface area contributed by atoms with Crippen molar-refractivity contribution in [3.05, 3.63) is 47.8 Å². The number of likely N-dealkylation sites (N-methyl/N-ethyl adjacent to an activating group) is 1. The Hall–Kier alpha value is -1.68. The molecule has 0 spiro atoms. The molecular formula is C16H24N4. The molecule has 1 unspecified atom stereocenters. The van der Waals surface area contributed by atoms with Gasteiger partial charge in [-0.3, -0.25) is 4.68 Å². The predicted octanol–water partition coefficient (Wildman–Crippen LogP) is 2.83. The van der Waals surface area contributed by atoms with E-state index in [4.69, 9.17) is 0 Å². The molecule has 0 saturated carbocycles. The Morgan fingerprint density at radius 2 is 1.85 bits per heavy atom. The van der Waals surface area contributed by atoms with Gasteiger partial charge in [-0.15, -0.1) is 5.10 Å². The Morgan fingerprint density at radius 3 is 2.30 bits per heavy atom. The van der Waals surface area contributed by atoms with Crippen molar-refractivity contribution in [2.75, 3.05) is 7.05 Å². The third-order valence-electron chi connectivity index (χ3n) is 4.50. The van der Waals surface area contributed by atoms with Gasteiger partial charge < -0.3 is 5.32 Å². The molecule has 108 valence electrons. The number of rotatable bonds is 6. The van der Waals surface area contributed by atoms with Crippen LogP contribution in [0.25, 0.3) is 0 Å². The third-order valence-corrected chi connectivity index (χ3v) is 4.50. The van der Waals surface area contributed by atoms with Gasteiger partial charge >= 0.3 is 0 Å². The Morgan fingerprint density at radius 1 is 1.20 bits per heavy atom. The highest BCUT2D eigenvalue weighted by molar-refractivity contribution is 5.30. The monoisotopic (exact) mass is 272 g/mol. The fraction of sp³-hybridized carbons (Fsp3) is 0.500. The molecule has 0 radical (unpaired) electrons. The summed E-state index contributed by atoms with van der Waals surface area (Å²) in [4.78, 5) is 0. The molecule has 2 aromatic rings. The molecule has 1 aromatic carbocycles. The molecule has 0 saturated heterocycles. The maximum Gasteiger partial charge on any atom is 0.0762 e. The number of nitrogens with one attached hydrogen (secondary N) is 1. The molecule has 0 amide bonds. The molecular weight excluding hydrogens is 248 g/mol. The topological polar surface area (TPSA) is 42.7 Å². The van der Waals surface area contributed by atoms with E-state index in [-0.39, 0.29) is 11.5 Å². The lowest BCUT2D eigenvalue weighted by molar-refractivity contribution is 0.276. The van der Waals surface area contributed by atoms with Crippen molar-refractivity contribution in [1.82, 2.24) is 20.3 Å². The first kappa shape index (κ1) is 14.7. The minimum atomic E-state index is 0.0471. The summed E-state index contributed by atoms with van der Waals surface area (Å²) >= 11 is 0. The number of nitrogens with zero attached hydrogens (tertiary/aromatic N) is 3. The highest BCUT2D eigenvalue weighted by Crippen LogP contribution is 2.42. The van der Waals surface area contributed by atoms with E-state index in [2.05, 4.69) is 59.8 Å². The largest absolute Gasteiger partial charge is 0.311 e. The zero-order chi connectivity index (χ0) is 14.6. The Kier molecular flexibility index (Phi) is 4.55. The predicted molar refractivity (Wildman–Crippen MR) is 81.5 cm³/mol. The van der Waals surface area contributed by atoms with E-state index >= 15 is 0 Å². The Balaban J connectivity index is 2.54. The van der Waals surface area contributed by atoms with Crippen LogP contribution >= 0.6 is 0 Å². The van der Waals surface area contributed by atoms with E-state index in [9.17, 15) is 0 Å². The van der Waals surface area contributed by atoms with E-state index in [0.717, 1.165) is 18.5 Å². The van der Waals surface area contributed by atoms with Gasteiger partial charge in [-0.2, -0.15) is 0 Å². The second-order valence-corrected chi connectivity index (χ2v) is 5.23. The summed E-state index contributed by atoms with van der Waals surface area (Å²) in [5.74, 6) is 0. The third kappa shape index (κ3) is 2.36. The summed E-state index contributed by atoms with van der Waals surface area (Å²) in [5, 5.41) is 11.6. The molecule has 1 aromatic heterocycles. The maximum absolute atomic E-state index is 4.09. The van der Waals surface area contributed by atoms with Crippen LogP contribution in [-0.2, 0) is 12.5 Å². The molecule has 4 heteroatoms. The summed E-state index contributed by atoms with van der Waals surface area (Å²) in [6.45, 7) is 4.51. The molecule has 0 bridgehead atoms. The first-order chi connectivity index (χ1) is 9.69. The SMILES string of the molecule is CCC(CC)(c1ccccc1)C(NC)c1cnnn1C. The first-order valence-electron chi connectivity index (χ1n) is 7.27. The quantitative estimate of drug-likeness (QED) is 0.879. The van der Waals surface area contributed by atoms with E-state index in [0.29, 0.717) is 0 Å². The molecule has 1 N–H and O–H groups in total. The number of hydrogen-bond donors (Lipinski definition) is 1. The fourth-order valence-electron chi connectivity index (χ4n) is 3.27. The van der Waals surface area contributed by atoms with Crippen LogP contribution in [0.3, 0.4) is 0 Å². The Bertz CT molecular complexity index is 528. The summed E-state index contributed by atoms with van der Waals surface area (Å²) in [5.41, 5.74) is 2.54. The number of aryl methyl sites for hydroxylation is 1. The van der Waals surface area contributed by atoms with Crippen LogP contribution in [-0.4, -0.2) is 22.0 Å². The molecule has 1 heterocycles. The first-order valence-corrected chi connectivity index (χ1v) is 7.27. The summed E-state index contributed by atoms with van der Waals surface area (Å²) in [6, 6.07) is 10.9. The molecule has 0 aliphatic heterocycles. The van der Waals surface area contributed by atoms with Gasteiger partial charge in [0.05, 0.1) is 17.9 Å². The van der Waals surface area contributed by atoms with Gasteiger partial charge in [0.2, 0.25) is 0 Å². The van der Waals surface area contributed by atoms with E-state index < -0.39 is 0 Å². The second kappa shape index (κ2) is 6.18. The minimum Gasteiger partial charge on any atom is -0.311 e. The zero-order valence-corrected chi connectivity index (χ0v) is 12.8. The fourth-order valence-corrected chi connectivity index (χ4v) is 3.27. The van der Waals surface area contributed by atoms with Crippen molar-refractivity contribution >= 4 is 0 Å². The van der Waals surface area contributed by atoms with E-state index in [1.165, 1.54) is 5.56 Å². The van der Waals surface area contributed by atoms with Gasteiger partial charge in [0.15, 0.2) is 0 Å². The van der Waals surface area contributed by atoms with Gasteiger partial charge in [0.1, 0.15) is 0 Å². The molecule has 0 aliphatic carbocycles. The average molecular weight is 272 g/mol. The number of hydrogen-bond acceptors (Lipinski definition) is 3. The van der Waals surface area contributed by atoms with Gasteiger partial charge in [-0.25, -0.2) is 0 Å². The minimum absolute atomic E-state index is 0.0471. The zero-order valence-electron chi connectivity index (χ0n) is 12.8. The van der Waals surface area contributed by atoms with Crippen molar-refractivity contribution in [3.63, 3.8) is 0 Å². The lowest BCUT2D eigenvalue weighted by Crippen LogP contribution is -2.40. The highest BCUT2D eigenvalue weighted by Gasteiger charge is 2.39. The van der Waals surface area contributed by atoms with Crippen molar-refractivity contribution < 1.29 is 0 Å². The maximum atomic E-state index is 4.09. The molecule has 2 rings (SSSR count). The highest BCUT2D eigenvalue weighted by atomic mass is 15.4. The standard InChI is InChI=1S/C16H24N4/c1-5-16(6-2,13-10-8-7-9-11-13)15(17-3)14-12-18-19-20(14)4/h7-12,15,17H,5-6H2,1-4H3. The van der Waals surface area contributed by atoms with Crippen molar-refractivity contribution in [2.24, 2.45) is 7.05 Å². The molecule has 20 heavy (non-hydrogen) atoms. The van der Waals surface area contributed by atoms with E-state index in [1.54, 1.807) is 0 Å². The molecule has 0 fully saturated rings. The molecule has 4 nitrogen and oxygen atoms in total. The van der Waals surface area contributed by atoms with Crippen molar-refractivity contribution in [2.45, 2.75) is 38.1 Å². The lowest BCUT2D eigenvalue weighted by Gasteiger charge is -2.40. The lowest BCUT2D eigenvalue weighted by atomic mass is 9.69. The van der Waals surface area contributed by atoms with Crippen LogP contribution in [0.5, 0.6) is 0 Å². The second-order valence-electron chi connectivity index (χ2n) is 5.23. The van der Waals surface area contributed by atoms with Gasteiger partial charge in [-0.1, -0.05) is 49.4 Å². The Labute approximate surface area is 121 Å². The van der Waals surface area contributed by atoms with Crippen LogP contribution in [0.15, 0.2) is 36.5 Å². The van der Waals surface area contributed by atoms with Gasteiger partial charge in [0, 0.05) is 12.5 Å². The summed E-state index contributed by atoms with van der Waals surface area (Å²) in [7, 11) is 3.97. The van der Waals surface area contributed by atoms with Crippen molar-refractivity contribution in [3.8, 4) is 0 Å². The van der Waals surface area contributed by atoms with Crippen LogP contribution < -0.4 is 5.32 Å². The van der Waals surface area contributed by atoms with Crippen LogP contribution in [0.4, 0.5) is 0 Å². The van der Waals surface area contributed by atoms with Crippen LogP contribution in [0.1, 0.15) is 44.0 Å². The van der Waals surface area contributed by atoms with Crippen LogP contribution in [0, 0.1) is 0 Å². The van der Waals surface area contributed by atoms with E-state index in [1.807, 2.05) is 25.0 Å². The average Bonchev–Trinajstić information content (AvgIpc) is 2.91. The smallest absolute Gasteiger partial charge is 0.0762 e. The number of aromatic nitrogens is 3. The van der Waals surface area contributed by atoms with Crippen LogP contribution in [0.2, 0.25) is 0 Å². The van der Waals surface area contributed by atoms with Gasteiger partial charge in [-0.05, 0) is 25.5 Å². The number of benzene rings is 1. The summed E-state index contributed by atoms with van der Waals surface area (Å²) < 4.78 is 1.87. The molecule has 1 atom stereocenters. The van der Waals surface area contributed by atoms with Crippen molar-refractivity contribution in [1.29, 1.82) is 0 Å². The molecule has 0 aliphatic rings. The normalized spacial score (nSPS) is 13.4. The summed E-state index contributed by atoms with van der Waals surface area (Å²) in [6.07, 6.45) is 3.98.